The van der Waals surface area contributed by atoms with Crippen LogP contribution in [0.15, 0.2) is 40.9 Å². The summed E-state index contributed by atoms with van der Waals surface area (Å²) in [4.78, 5) is 0. The van der Waals surface area contributed by atoms with Crippen LogP contribution in [0, 0.1) is 12.7 Å². The van der Waals surface area contributed by atoms with Crippen LogP contribution in [-0.2, 0) is 0 Å². The fourth-order valence-electron chi connectivity index (χ4n) is 1.99. The van der Waals surface area contributed by atoms with Crippen molar-refractivity contribution < 1.29 is 9.13 Å². The van der Waals surface area contributed by atoms with Crippen LogP contribution >= 0.6 is 27.5 Å². The first-order valence-electron chi connectivity index (χ1n) is 5.76. The number of hydrogen-bond donors (Lipinski definition) is 0. The standard InChI is InChI=1S/C15H13BrClFO/c1-9-5-10(7-11(16)6-9)15(17)13-8-12(18)3-4-14(13)19-2/h3-8,15H,1-2H3. The summed E-state index contributed by atoms with van der Waals surface area (Å²) in [5.74, 6) is 0.257. The van der Waals surface area contributed by atoms with Gasteiger partial charge in [0.05, 0.1) is 12.5 Å². The third kappa shape index (κ3) is 3.28. The number of halogens is 3. The van der Waals surface area contributed by atoms with Crippen molar-refractivity contribution in [2.75, 3.05) is 7.11 Å². The van der Waals surface area contributed by atoms with Crippen LogP contribution in [0.25, 0.3) is 0 Å². The molecule has 4 heteroatoms. The third-order valence-corrected chi connectivity index (χ3v) is 3.77. The van der Waals surface area contributed by atoms with Crippen molar-refractivity contribution in [1.82, 2.24) is 0 Å². The van der Waals surface area contributed by atoms with Crippen LogP contribution in [0.2, 0.25) is 0 Å². The van der Waals surface area contributed by atoms with E-state index in [0.29, 0.717) is 11.3 Å². The summed E-state index contributed by atoms with van der Waals surface area (Å²) in [7, 11) is 1.55. The predicted octanol–water partition coefficient (Wildman–Crippen LogP) is 5.23. The van der Waals surface area contributed by atoms with Gasteiger partial charge in [-0.2, -0.15) is 0 Å². The lowest BCUT2D eigenvalue weighted by atomic mass is 10.0. The molecule has 0 aromatic heterocycles. The summed E-state index contributed by atoms with van der Waals surface area (Å²) in [6.45, 7) is 1.99. The molecule has 0 aliphatic rings. The maximum atomic E-state index is 13.4. The van der Waals surface area contributed by atoms with E-state index in [4.69, 9.17) is 16.3 Å². The number of rotatable bonds is 3. The Balaban J connectivity index is 2.48. The molecule has 0 N–H and O–H groups in total. The van der Waals surface area contributed by atoms with Gasteiger partial charge in [-0.25, -0.2) is 4.39 Å². The molecule has 0 amide bonds. The zero-order valence-electron chi connectivity index (χ0n) is 10.6. The van der Waals surface area contributed by atoms with E-state index < -0.39 is 5.38 Å². The minimum atomic E-state index is -0.457. The first-order chi connectivity index (χ1) is 9.01. The lowest BCUT2D eigenvalue weighted by Gasteiger charge is -2.15. The topological polar surface area (TPSA) is 9.23 Å². The van der Waals surface area contributed by atoms with E-state index in [1.807, 2.05) is 25.1 Å². The van der Waals surface area contributed by atoms with Gasteiger partial charge >= 0.3 is 0 Å². The molecule has 100 valence electrons. The van der Waals surface area contributed by atoms with Gasteiger partial charge in [0.2, 0.25) is 0 Å². The van der Waals surface area contributed by atoms with Crippen LogP contribution in [0.3, 0.4) is 0 Å². The second-order valence-corrected chi connectivity index (χ2v) is 5.66. The molecule has 2 rings (SSSR count). The van der Waals surface area contributed by atoms with Crippen LogP contribution in [0.4, 0.5) is 4.39 Å². The highest BCUT2D eigenvalue weighted by Gasteiger charge is 2.17. The molecule has 0 heterocycles. The molecule has 0 aliphatic heterocycles. The average Bonchev–Trinajstić information content (AvgIpc) is 2.36. The minimum absolute atomic E-state index is 0.326. The van der Waals surface area contributed by atoms with Crippen molar-refractivity contribution >= 4 is 27.5 Å². The van der Waals surface area contributed by atoms with Crippen LogP contribution in [-0.4, -0.2) is 7.11 Å². The Morgan fingerprint density at radius 3 is 2.58 bits per heavy atom. The predicted molar refractivity (Wildman–Crippen MR) is 79.5 cm³/mol. The summed E-state index contributed by atoms with van der Waals surface area (Å²) in [6.07, 6.45) is 0. The number of hydrogen-bond acceptors (Lipinski definition) is 1. The van der Waals surface area contributed by atoms with E-state index in [9.17, 15) is 4.39 Å². The van der Waals surface area contributed by atoms with Gasteiger partial charge in [0.25, 0.3) is 0 Å². The monoisotopic (exact) mass is 342 g/mol. The van der Waals surface area contributed by atoms with Crippen molar-refractivity contribution in [3.05, 3.63) is 63.4 Å². The Labute approximate surface area is 125 Å². The summed E-state index contributed by atoms with van der Waals surface area (Å²) < 4.78 is 19.6. The molecule has 0 radical (unpaired) electrons. The molecule has 0 aliphatic carbocycles. The van der Waals surface area contributed by atoms with Gasteiger partial charge < -0.3 is 4.74 Å². The van der Waals surface area contributed by atoms with E-state index >= 15 is 0 Å². The smallest absolute Gasteiger partial charge is 0.124 e. The van der Waals surface area contributed by atoms with E-state index in [0.717, 1.165) is 15.6 Å². The molecule has 0 spiro atoms. The number of benzene rings is 2. The van der Waals surface area contributed by atoms with Gasteiger partial charge in [-0.15, -0.1) is 11.6 Å². The molecule has 0 bridgehead atoms. The SMILES string of the molecule is COc1ccc(F)cc1C(Cl)c1cc(C)cc(Br)c1. The summed E-state index contributed by atoms with van der Waals surface area (Å²) in [5, 5.41) is -0.457. The van der Waals surface area contributed by atoms with Crippen molar-refractivity contribution in [3.8, 4) is 5.75 Å². The molecule has 0 saturated heterocycles. The quantitative estimate of drug-likeness (QED) is 0.693. The molecule has 0 saturated carbocycles. The molecule has 1 nitrogen and oxygen atoms in total. The van der Waals surface area contributed by atoms with Crippen molar-refractivity contribution in [1.29, 1.82) is 0 Å². The largest absolute Gasteiger partial charge is 0.496 e. The molecule has 1 unspecified atom stereocenters. The molecule has 1 atom stereocenters. The normalized spacial score (nSPS) is 12.3. The Hall–Kier alpha value is -1.06. The Bertz CT molecular complexity index is 580. The van der Waals surface area contributed by atoms with Crippen molar-refractivity contribution in [3.63, 3.8) is 0 Å². The number of methoxy groups -OCH3 is 1. The van der Waals surface area contributed by atoms with Crippen LogP contribution < -0.4 is 4.74 Å². The van der Waals surface area contributed by atoms with Gasteiger partial charge in [-0.3, -0.25) is 0 Å². The van der Waals surface area contributed by atoms with Crippen LogP contribution in [0.1, 0.15) is 22.1 Å². The lowest BCUT2D eigenvalue weighted by molar-refractivity contribution is 0.409. The second kappa shape index (κ2) is 5.93. The highest BCUT2D eigenvalue weighted by molar-refractivity contribution is 9.10. The highest BCUT2D eigenvalue weighted by Crippen LogP contribution is 2.36. The average molecular weight is 344 g/mol. The second-order valence-electron chi connectivity index (χ2n) is 4.31. The Morgan fingerprint density at radius 2 is 1.95 bits per heavy atom. The minimum Gasteiger partial charge on any atom is -0.496 e. The summed E-state index contributed by atoms with van der Waals surface area (Å²) >= 11 is 9.90. The van der Waals surface area contributed by atoms with Gasteiger partial charge in [-0.05, 0) is 48.4 Å². The summed E-state index contributed by atoms with van der Waals surface area (Å²) in [5.41, 5.74) is 2.62. The Morgan fingerprint density at radius 1 is 1.21 bits per heavy atom. The number of aryl methyl sites for hydroxylation is 1. The summed E-state index contributed by atoms with van der Waals surface area (Å²) in [6, 6.07) is 10.3. The molecule has 2 aromatic rings. The van der Waals surface area contributed by atoms with Gasteiger partial charge in [0.1, 0.15) is 11.6 Å². The first-order valence-corrected chi connectivity index (χ1v) is 6.99. The van der Waals surface area contributed by atoms with Crippen molar-refractivity contribution in [2.24, 2.45) is 0 Å². The molecular formula is C15H13BrClFO. The number of alkyl halides is 1. The van der Waals surface area contributed by atoms with E-state index in [1.54, 1.807) is 13.2 Å². The fraction of sp³-hybridized carbons (Fsp3) is 0.200. The van der Waals surface area contributed by atoms with Crippen molar-refractivity contribution in [2.45, 2.75) is 12.3 Å². The maximum absolute atomic E-state index is 13.4. The maximum Gasteiger partial charge on any atom is 0.124 e. The van der Waals surface area contributed by atoms with E-state index in [-0.39, 0.29) is 5.82 Å². The zero-order valence-corrected chi connectivity index (χ0v) is 12.9. The van der Waals surface area contributed by atoms with Gasteiger partial charge in [0.15, 0.2) is 0 Å². The molecule has 2 aromatic carbocycles. The molecule has 0 fully saturated rings. The van der Waals surface area contributed by atoms with Crippen LogP contribution in [0.5, 0.6) is 5.75 Å². The van der Waals surface area contributed by atoms with E-state index in [1.165, 1.54) is 12.1 Å². The van der Waals surface area contributed by atoms with Gasteiger partial charge in [-0.1, -0.05) is 22.0 Å². The van der Waals surface area contributed by atoms with Gasteiger partial charge in [0, 0.05) is 10.0 Å². The lowest BCUT2D eigenvalue weighted by Crippen LogP contribution is -1.99. The Kier molecular flexibility index (Phi) is 4.48. The fourth-order valence-corrected chi connectivity index (χ4v) is 2.92. The molecule has 19 heavy (non-hydrogen) atoms. The third-order valence-electron chi connectivity index (χ3n) is 2.82. The molecular weight excluding hydrogens is 331 g/mol. The highest BCUT2D eigenvalue weighted by atomic mass is 79.9. The number of ether oxygens (including phenoxy) is 1. The first kappa shape index (κ1) is 14.4. The zero-order chi connectivity index (χ0) is 14.0. The van der Waals surface area contributed by atoms with E-state index in [2.05, 4.69) is 15.9 Å².